The van der Waals surface area contributed by atoms with E-state index in [9.17, 15) is 0 Å². The quantitative estimate of drug-likeness (QED) is 0.264. The molecule has 4 heteroatoms. The van der Waals surface area contributed by atoms with Gasteiger partial charge in [0, 0.05) is 20.1 Å². The van der Waals surface area contributed by atoms with Gasteiger partial charge in [-0.1, -0.05) is 0 Å². The first-order valence-electron chi connectivity index (χ1n) is 3.01. The molecule has 56 valence electrons. The molecule has 0 aliphatic rings. The second kappa shape index (κ2) is 6.05. The van der Waals surface area contributed by atoms with Gasteiger partial charge in [-0.3, -0.25) is 0 Å². The molecule has 0 aliphatic heterocycles. The summed E-state index contributed by atoms with van der Waals surface area (Å²) in [6.07, 6.45) is 3.06. The Morgan fingerprint density at radius 2 is 2.50 bits per heavy atom. The van der Waals surface area contributed by atoms with Crippen LogP contribution in [0.15, 0.2) is 4.99 Å². The van der Waals surface area contributed by atoms with E-state index in [1.165, 1.54) is 0 Å². The number of methoxy groups -OCH3 is 1. The monoisotopic (exact) mass is 141 g/mol. The molecule has 0 aromatic carbocycles. The smallest absolute Gasteiger partial charge is 0.207 e. The number of hydrogen-bond acceptors (Lipinski definition) is 3. The van der Waals surface area contributed by atoms with Crippen molar-refractivity contribution >= 4 is 5.84 Å². The van der Waals surface area contributed by atoms with Crippen LogP contribution >= 0.6 is 0 Å². The summed E-state index contributed by atoms with van der Waals surface area (Å²) in [4.78, 5) is 3.34. The molecule has 0 radical (unpaired) electrons. The van der Waals surface area contributed by atoms with Gasteiger partial charge in [0.25, 0.3) is 0 Å². The van der Waals surface area contributed by atoms with Crippen LogP contribution in [0.4, 0.5) is 0 Å². The number of nitrogens with two attached hydrogens (primary N) is 1. The molecule has 0 aliphatic carbocycles. The standard InChI is InChI=1S/C6H11N3O/c1-10-4-2-3-6(8)9-5-7/h2-4H2,1H3,(H2,8,9). The van der Waals surface area contributed by atoms with Crippen LogP contribution in [0.3, 0.4) is 0 Å². The molecule has 0 amide bonds. The molecule has 0 bridgehead atoms. The van der Waals surface area contributed by atoms with E-state index in [0.717, 1.165) is 6.42 Å². The molecule has 0 atom stereocenters. The molecule has 0 fully saturated rings. The molecule has 0 aromatic heterocycles. The number of nitriles is 1. The Hall–Kier alpha value is -1.08. The molecular weight excluding hydrogens is 130 g/mol. The molecule has 0 saturated heterocycles. The van der Waals surface area contributed by atoms with Gasteiger partial charge in [-0.05, 0) is 6.42 Å². The molecule has 10 heavy (non-hydrogen) atoms. The van der Waals surface area contributed by atoms with Gasteiger partial charge in [-0.25, -0.2) is 0 Å². The first-order valence-corrected chi connectivity index (χ1v) is 3.01. The van der Waals surface area contributed by atoms with Crippen molar-refractivity contribution in [2.75, 3.05) is 13.7 Å². The third-order valence-corrected chi connectivity index (χ3v) is 0.975. The maximum atomic E-state index is 8.04. The van der Waals surface area contributed by atoms with Crippen LogP contribution in [0.1, 0.15) is 12.8 Å². The molecule has 0 unspecified atom stereocenters. The van der Waals surface area contributed by atoms with E-state index >= 15 is 0 Å². The van der Waals surface area contributed by atoms with Crippen molar-refractivity contribution in [1.82, 2.24) is 0 Å². The Morgan fingerprint density at radius 1 is 1.80 bits per heavy atom. The summed E-state index contributed by atoms with van der Waals surface area (Å²) >= 11 is 0. The zero-order valence-electron chi connectivity index (χ0n) is 6.00. The highest BCUT2D eigenvalue weighted by Gasteiger charge is 1.90. The highest BCUT2D eigenvalue weighted by Crippen LogP contribution is 1.88. The zero-order chi connectivity index (χ0) is 7.82. The second-order valence-electron chi connectivity index (χ2n) is 1.80. The van der Waals surface area contributed by atoms with Gasteiger partial charge in [0.1, 0.15) is 5.84 Å². The summed E-state index contributed by atoms with van der Waals surface area (Å²) in [7, 11) is 1.62. The molecule has 0 saturated carbocycles. The number of aliphatic imine (C=N–C) groups is 1. The fourth-order valence-electron chi connectivity index (χ4n) is 0.518. The zero-order valence-corrected chi connectivity index (χ0v) is 6.00. The molecule has 4 nitrogen and oxygen atoms in total. The van der Waals surface area contributed by atoms with Crippen LogP contribution in [0.25, 0.3) is 0 Å². The van der Waals surface area contributed by atoms with E-state index in [4.69, 9.17) is 15.7 Å². The summed E-state index contributed by atoms with van der Waals surface area (Å²) in [5.74, 6) is 0.375. The number of nitrogens with zero attached hydrogens (tertiary/aromatic N) is 2. The fraction of sp³-hybridized carbons (Fsp3) is 0.667. The van der Waals surface area contributed by atoms with Crippen LogP contribution in [-0.4, -0.2) is 19.6 Å². The van der Waals surface area contributed by atoms with Gasteiger partial charge in [0.2, 0.25) is 6.19 Å². The van der Waals surface area contributed by atoms with Gasteiger partial charge >= 0.3 is 0 Å². The molecule has 2 N–H and O–H groups in total. The summed E-state index contributed by atoms with van der Waals surface area (Å²) in [5, 5.41) is 8.04. The largest absolute Gasteiger partial charge is 0.386 e. The van der Waals surface area contributed by atoms with Crippen molar-refractivity contribution in [3.63, 3.8) is 0 Å². The number of amidine groups is 1. The van der Waals surface area contributed by atoms with E-state index in [2.05, 4.69) is 4.99 Å². The van der Waals surface area contributed by atoms with Gasteiger partial charge in [0.15, 0.2) is 0 Å². The van der Waals surface area contributed by atoms with Crippen molar-refractivity contribution in [3.8, 4) is 6.19 Å². The van der Waals surface area contributed by atoms with Crippen LogP contribution in [0, 0.1) is 11.5 Å². The minimum Gasteiger partial charge on any atom is -0.386 e. The van der Waals surface area contributed by atoms with E-state index in [1.54, 1.807) is 13.3 Å². The lowest BCUT2D eigenvalue weighted by Crippen LogP contribution is -2.11. The van der Waals surface area contributed by atoms with Gasteiger partial charge in [0.05, 0.1) is 0 Å². The Balaban J connectivity index is 3.32. The van der Waals surface area contributed by atoms with Crippen molar-refractivity contribution in [2.24, 2.45) is 10.7 Å². The predicted octanol–water partition coefficient (Wildman–Crippen LogP) is 0.251. The van der Waals surface area contributed by atoms with Crippen LogP contribution in [0.5, 0.6) is 0 Å². The fourth-order valence-corrected chi connectivity index (χ4v) is 0.518. The normalized spacial score (nSPS) is 11.0. The van der Waals surface area contributed by atoms with E-state index < -0.39 is 0 Å². The number of ether oxygens (including phenoxy) is 1. The molecule has 0 heterocycles. The van der Waals surface area contributed by atoms with Gasteiger partial charge in [-0.2, -0.15) is 10.3 Å². The Labute approximate surface area is 60.3 Å². The average Bonchev–Trinajstić information content (AvgIpc) is 1.89. The van der Waals surface area contributed by atoms with Crippen molar-refractivity contribution < 1.29 is 4.74 Å². The van der Waals surface area contributed by atoms with Crippen LogP contribution < -0.4 is 5.73 Å². The maximum absolute atomic E-state index is 8.04. The Morgan fingerprint density at radius 3 is 3.00 bits per heavy atom. The van der Waals surface area contributed by atoms with E-state index in [0.29, 0.717) is 18.9 Å². The van der Waals surface area contributed by atoms with Crippen LogP contribution in [0.2, 0.25) is 0 Å². The first kappa shape index (κ1) is 8.92. The lowest BCUT2D eigenvalue weighted by atomic mass is 10.3. The molecular formula is C6H11N3O. The lowest BCUT2D eigenvalue weighted by molar-refractivity contribution is 0.196. The van der Waals surface area contributed by atoms with E-state index in [-0.39, 0.29) is 0 Å². The topological polar surface area (TPSA) is 71.4 Å². The summed E-state index contributed by atoms with van der Waals surface area (Å²) in [6.45, 7) is 0.654. The SMILES string of the molecule is COCCCC(N)=NC#N. The highest BCUT2D eigenvalue weighted by atomic mass is 16.5. The first-order chi connectivity index (χ1) is 4.81. The highest BCUT2D eigenvalue weighted by molar-refractivity contribution is 5.80. The van der Waals surface area contributed by atoms with Crippen molar-refractivity contribution in [2.45, 2.75) is 12.8 Å². The van der Waals surface area contributed by atoms with Crippen molar-refractivity contribution in [1.29, 1.82) is 5.26 Å². The maximum Gasteiger partial charge on any atom is 0.207 e. The molecule has 0 spiro atoms. The van der Waals surface area contributed by atoms with Gasteiger partial charge < -0.3 is 10.5 Å². The van der Waals surface area contributed by atoms with Crippen LogP contribution in [-0.2, 0) is 4.74 Å². The Bertz CT molecular complexity index is 148. The third-order valence-electron chi connectivity index (χ3n) is 0.975. The summed E-state index contributed by atoms with van der Waals surface area (Å²) in [6, 6.07) is 0. The molecule has 0 aromatic rings. The molecule has 0 rings (SSSR count). The lowest BCUT2D eigenvalue weighted by Gasteiger charge is -1.95. The third kappa shape index (κ3) is 5.06. The second-order valence-corrected chi connectivity index (χ2v) is 1.80. The summed E-state index contributed by atoms with van der Waals surface area (Å²) < 4.78 is 4.78. The van der Waals surface area contributed by atoms with E-state index in [1.807, 2.05) is 0 Å². The summed E-state index contributed by atoms with van der Waals surface area (Å²) in [5.41, 5.74) is 5.30. The van der Waals surface area contributed by atoms with Crippen molar-refractivity contribution in [3.05, 3.63) is 0 Å². The number of hydrogen-bond donors (Lipinski definition) is 1. The Kier molecular flexibility index (Phi) is 5.39. The minimum atomic E-state index is 0.375. The van der Waals surface area contributed by atoms with Gasteiger partial charge in [-0.15, -0.1) is 0 Å². The average molecular weight is 141 g/mol. The predicted molar refractivity (Wildman–Crippen MR) is 38.3 cm³/mol. The minimum absolute atomic E-state index is 0.375. The number of rotatable bonds is 4.